The van der Waals surface area contributed by atoms with E-state index < -0.39 is 6.04 Å². The Kier molecular flexibility index (Phi) is 6.13. The molecule has 5 rings (SSSR count). The van der Waals surface area contributed by atoms with E-state index in [-0.39, 0.29) is 24.1 Å². The summed E-state index contributed by atoms with van der Waals surface area (Å²) in [5.41, 5.74) is 3.03. The Morgan fingerprint density at radius 3 is 2.29 bits per heavy atom. The summed E-state index contributed by atoms with van der Waals surface area (Å²) in [5.74, 6) is -0.643. The van der Waals surface area contributed by atoms with E-state index in [2.05, 4.69) is 21.2 Å². The number of amides is 2. The number of ketones is 1. The number of anilines is 1. The number of carbonyl (C=O) groups excluding carboxylic acids is 3. The van der Waals surface area contributed by atoms with Crippen LogP contribution >= 0.6 is 27.3 Å². The molecular weight excluding hydrogens is 512 g/mol. The van der Waals surface area contributed by atoms with Gasteiger partial charge >= 0.3 is 0 Å². The lowest BCUT2D eigenvalue weighted by molar-refractivity contribution is -0.117. The molecule has 1 atom stereocenters. The summed E-state index contributed by atoms with van der Waals surface area (Å²) >= 11 is 5.06. The zero-order valence-electron chi connectivity index (χ0n) is 17.9. The fourth-order valence-electron chi connectivity index (χ4n) is 4.11. The molecule has 0 spiro atoms. The number of halogens is 1. The Hall–Kier alpha value is -3.55. The predicted molar refractivity (Wildman–Crippen MR) is 136 cm³/mol. The van der Waals surface area contributed by atoms with Gasteiger partial charge in [0, 0.05) is 37.3 Å². The SMILES string of the molecule is O=C1CN(C(=O)c2ccc(C(=O)c3ccccc3)cc2)C(c2cccs2)c2cc(Br)ccc2N1. The summed E-state index contributed by atoms with van der Waals surface area (Å²) in [6, 6.07) is 24.7. The molecule has 2 amide bonds. The van der Waals surface area contributed by atoms with E-state index in [4.69, 9.17) is 0 Å². The van der Waals surface area contributed by atoms with Crippen LogP contribution in [0.1, 0.15) is 42.8 Å². The average Bonchev–Trinajstić information content (AvgIpc) is 3.35. The highest BCUT2D eigenvalue weighted by Gasteiger charge is 2.34. The Balaban J connectivity index is 1.51. The lowest BCUT2D eigenvalue weighted by atomic mass is 9.99. The third-order valence-corrected chi connectivity index (χ3v) is 7.13. The summed E-state index contributed by atoms with van der Waals surface area (Å²) in [6.07, 6.45) is 0. The van der Waals surface area contributed by atoms with E-state index >= 15 is 0 Å². The van der Waals surface area contributed by atoms with E-state index in [1.54, 1.807) is 41.3 Å². The van der Waals surface area contributed by atoms with Crippen molar-refractivity contribution < 1.29 is 14.4 Å². The fourth-order valence-corrected chi connectivity index (χ4v) is 5.34. The fraction of sp³-hybridized carbons (Fsp3) is 0.0741. The predicted octanol–water partition coefficient (Wildman–Crippen LogP) is 5.93. The van der Waals surface area contributed by atoms with Crippen LogP contribution < -0.4 is 5.32 Å². The first-order valence-corrected chi connectivity index (χ1v) is 12.3. The van der Waals surface area contributed by atoms with E-state index in [0.29, 0.717) is 22.4 Å². The van der Waals surface area contributed by atoms with Crippen LogP contribution in [0.5, 0.6) is 0 Å². The van der Waals surface area contributed by atoms with Crippen molar-refractivity contribution in [3.8, 4) is 0 Å². The number of rotatable bonds is 4. The number of benzene rings is 3. The maximum Gasteiger partial charge on any atom is 0.255 e. The highest BCUT2D eigenvalue weighted by molar-refractivity contribution is 9.10. The molecule has 1 aromatic heterocycles. The maximum absolute atomic E-state index is 13.7. The van der Waals surface area contributed by atoms with Crippen molar-refractivity contribution in [3.63, 3.8) is 0 Å². The summed E-state index contributed by atoms with van der Waals surface area (Å²) in [7, 11) is 0. The topological polar surface area (TPSA) is 66.5 Å². The molecule has 168 valence electrons. The second-order valence-electron chi connectivity index (χ2n) is 7.90. The molecule has 1 unspecified atom stereocenters. The van der Waals surface area contributed by atoms with Gasteiger partial charge in [-0.3, -0.25) is 14.4 Å². The molecule has 1 aliphatic rings. The van der Waals surface area contributed by atoms with Crippen molar-refractivity contribution in [2.24, 2.45) is 0 Å². The average molecular weight is 531 g/mol. The standard InChI is InChI=1S/C27H19BrN2O3S/c28-20-12-13-22-21(15-20)25(23-7-4-14-34-23)30(16-24(31)29-22)27(33)19-10-8-18(9-11-19)26(32)17-5-2-1-3-6-17/h1-15,25H,16H2,(H,29,31). The van der Waals surface area contributed by atoms with E-state index in [1.807, 2.05) is 53.9 Å². The van der Waals surface area contributed by atoms with Gasteiger partial charge in [0.25, 0.3) is 5.91 Å². The maximum atomic E-state index is 13.7. The van der Waals surface area contributed by atoms with Gasteiger partial charge < -0.3 is 10.2 Å². The van der Waals surface area contributed by atoms with Crippen LogP contribution in [0.2, 0.25) is 0 Å². The van der Waals surface area contributed by atoms with Crippen LogP contribution in [0.3, 0.4) is 0 Å². The number of nitrogens with one attached hydrogen (secondary N) is 1. The minimum absolute atomic E-state index is 0.0849. The quantitative estimate of drug-likeness (QED) is 0.332. The number of hydrogen-bond acceptors (Lipinski definition) is 4. The highest BCUT2D eigenvalue weighted by atomic mass is 79.9. The summed E-state index contributed by atoms with van der Waals surface area (Å²) in [5, 5.41) is 4.88. The molecule has 1 aliphatic heterocycles. The Labute approximate surface area is 209 Å². The zero-order chi connectivity index (χ0) is 23.7. The van der Waals surface area contributed by atoms with Gasteiger partial charge in [-0.05, 0) is 41.8 Å². The van der Waals surface area contributed by atoms with Crippen molar-refractivity contribution in [3.05, 3.63) is 122 Å². The first-order valence-electron chi connectivity index (χ1n) is 10.6. The van der Waals surface area contributed by atoms with Crippen molar-refractivity contribution >= 4 is 50.6 Å². The molecule has 0 fully saturated rings. The number of nitrogens with zero attached hydrogens (tertiary/aromatic N) is 1. The number of hydrogen-bond donors (Lipinski definition) is 1. The molecule has 2 heterocycles. The molecule has 0 bridgehead atoms. The molecule has 0 saturated carbocycles. The number of fused-ring (bicyclic) bond motifs is 1. The van der Waals surface area contributed by atoms with Crippen LogP contribution in [-0.4, -0.2) is 29.0 Å². The third-order valence-electron chi connectivity index (χ3n) is 5.71. The molecule has 0 saturated heterocycles. The van der Waals surface area contributed by atoms with Crippen molar-refractivity contribution in [2.45, 2.75) is 6.04 Å². The molecule has 7 heteroatoms. The summed E-state index contributed by atoms with van der Waals surface area (Å²) < 4.78 is 0.861. The van der Waals surface area contributed by atoms with Gasteiger partial charge in [0.1, 0.15) is 6.54 Å². The van der Waals surface area contributed by atoms with Crippen molar-refractivity contribution in [2.75, 3.05) is 11.9 Å². The summed E-state index contributed by atoms with van der Waals surface area (Å²) in [6.45, 7) is -0.0849. The van der Waals surface area contributed by atoms with Gasteiger partial charge in [-0.1, -0.05) is 64.5 Å². The smallest absolute Gasteiger partial charge is 0.255 e. The molecule has 1 N–H and O–H groups in total. The van der Waals surface area contributed by atoms with Crippen molar-refractivity contribution in [1.29, 1.82) is 0 Å². The lowest BCUT2D eigenvalue weighted by Crippen LogP contribution is -2.38. The van der Waals surface area contributed by atoms with Gasteiger partial charge in [-0.25, -0.2) is 0 Å². The lowest BCUT2D eigenvalue weighted by Gasteiger charge is -2.29. The van der Waals surface area contributed by atoms with E-state index in [9.17, 15) is 14.4 Å². The molecule has 0 aliphatic carbocycles. The Bertz CT molecular complexity index is 1370. The van der Waals surface area contributed by atoms with Gasteiger partial charge in [-0.15, -0.1) is 11.3 Å². The van der Waals surface area contributed by atoms with Crippen molar-refractivity contribution in [1.82, 2.24) is 4.90 Å². The Morgan fingerprint density at radius 2 is 1.59 bits per heavy atom. The second kappa shape index (κ2) is 9.37. The van der Waals surface area contributed by atoms with Gasteiger partial charge in [0.15, 0.2) is 5.78 Å². The molecular formula is C27H19BrN2O3S. The van der Waals surface area contributed by atoms with Gasteiger partial charge in [0.05, 0.1) is 6.04 Å². The number of carbonyl (C=O) groups is 3. The summed E-state index contributed by atoms with van der Waals surface area (Å²) in [4.78, 5) is 41.7. The molecule has 4 aromatic rings. The normalized spacial score (nSPS) is 15.3. The van der Waals surface area contributed by atoms with Crippen LogP contribution in [0, 0.1) is 0 Å². The van der Waals surface area contributed by atoms with Crippen LogP contribution in [0.4, 0.5) is 5.69 Å². The molecule has 5 nitrogen and oxygen atoms in total. The third kappa shape index (κ3) is 4.32. The second-order valence-corrected chi connectivity index (χ2v) is 9.80. The first-order chi connectivity index (χ1) is 16.5. The Morgan fingerprint density at radius 1 is 0.882 bits per heavy atom. The van der Waals surface area contributed by atoms with E-state index in [0.717, 1.165) is 14.9 Å². The first kappa shape index (κ1) is 22.3. The highest BCUT2D eigenvalue weighted by Crippen LogP contribution is 2.39. The van der Waals surface area contributed by atoms with Gasteiger partial charge in [-0.2, -0.15) is 0 Å². The molecule has 3 aromatic carbocycles. The van der Waals surface area contributed by atoms with Crippen LogP contribution in [-0.2, 0) is 4.79 Å². The minimum atomic E-state index is -0.426. The van der Waals surface area contributed by atoms with E-state index in [1.165, 1.54) is 11.3 Å². The number of thiophene rings is 1. The largest absolute Gasteiger partial charge is 0.324 e. The monoisotopic (exact) mass is 530 g/mol. The molecule has 34 heavy (non-hydrogen) atoms. The van der Waals surface area contributed by atoms with Gasteiger partial charge in [0.2, 0.25) is 5.91 Å². The minimum Gasteiger partial charge on any atom is -0.324 e. The van der Waals surface area contributed by atoms with Crippen LogP contribution in [0.15, 0.2) is 94.8 Å². The van der Waals surface area contributed by atoms with Crippen LogP contribution in [0.25, 0.3) is 0 Å². The zero-order valence-corrected chi connectivity index (χ0v) is 20.3. The molecule has 0 radical (unpaired) electrons.